The molecule has 0 fully saturated rings. The van der Waals surface area contributed by atoms with Gasteiger partial charge in [0.25, 0.3) is 0 Å². The summed E-state index contributed by atoms with van der Waals surface area (Å²) >= 11 is 0. The van der Waals surface area contributed by atoms with Gasteiger partial charge in [-0.25, -0.2) is 4.79 Å². The summed E-state index contributed by atoms with van der Waals surface area (Å²) < 4.78 is 7.83. The Kier molecular flexibility index (Phi) is 14.4. The summed E-state index contributed by atoms with van der Waals surface area (Å²) in [6.45, 7) is 20.5. The van der Waals surface area contributed by atoms with Crippen LogP contribution in [0.5, 0.6) is 0 Å². The Bertz CT molecular complexity index is 2020. The zero-order valence-electron chi connectivity index (χ0n) is 36.3. The van der Waals surface area contributed by atoms with Gasteiger partial charge in [-0.2, -0.15) is 4.58 Å². The Hall–Kier alpha value is -5.18. The van der Waals surface area contributed by atoms with Crippen LogP contribution in [-0.2, 0) is 25.2 Å². The number of fused-ring (bicyclic) bond motifs is 2. The molecule has 5 rings (SSSR count). The van der Waals surface area contributed by atoms with Gasteiger partial charge < -0.3 is 25.6 Å². The van der Waals surface area contributed by atoms with Gasteiger partial charge in [0.15, 0.2) is 5.71 Å². The zero-order chi connectivity index (χ0) is 42.1. The number of unbranched alkanes of at least 4 members (excludes halogenated alkanes) is 3. The Morgan fingerprint density at radius 3 is 2.29 bits per heavy atom. The van der Waals surface area contributed by atoms with Gasteiger partial charge in [-0.05, 0) is 116 Å². The summed E-state index contributed by atoms with van der Waals surface area (Å²) in [6, 6.07) is 25.5. The molecule has 0 aliphatic carbocycles. The third-order valence-corrected chi connectivity index (χ3v) is 11.2. The average Bonchev–Trinajstić information content (AvgIpc) is 3.52. The van der Waals surface area contributed by atoms with E-state index in [1.807, 2.05) is 6.92 Å². The van der Waals surface area contributed by atoms with Crippen molar-refractivity contribution in [3.8, 4) is 0 Å². The summed E-state index contributed by atoms with van der Waals surface area (Å²) in [5.74, 6) is -0.193. The number of hydrogen-bond donors (Lipinski definition) is 3. The molecule has 1 atom stereocenters. The van der Waals surface area contributed by atoms with E-state index in [0.717, 1.165) is 31.5 Å². The van der Waals surface area contributed by atoms with Crippen molar-refractivity contribution in [2.75, 3.05) is 24.5 Å². The maximum atomic E-state index is 12.7. The highest BCUT2D eigenvalue weighted by molar-refractivity contribution is 6.03. The standard InChI is InChI=1S/C49H65N5O4/c1-10-50-45(56)39(52-46(57)58-47(3,4)5)25-18-19-32-51-44(55)29-15-12-20-33-53-40-31-30-35(2)34-38(40)49(8,9)42(53)27-21-28-43-48(6,7)37-24-16-17-26-41(37)54(43)36-22-13-11-14-23-36/h11,13-14,16-17,21-24,26-28,30-31,34,39H,10,12,15,18-20,25,29,32-33H2,1-9H3,(H2-,50,51,52,55,56,57)/p+1/t39-/m0/s1. The highest BCUT2D eigenvalue weighted by atomic mass is 16.6. The van der Waals surface area contributed by atoms with E-state index < -0.39 is 17.7 Å². The van der Waals surface area contributed by atoms with Gasteiger partial charge in [-0.3, -0.25) is 9.59 Å². The number of alkyl carbamates (subject to hydrolysis) is 1. The Labute approximate surface area is 347 Å². The maximum Gasteiger partial charge on any atom is 0.408 e. The van der Waals surface area contributed by atoms with Crippen LogP contribution in [0.1, 0.15) is 117 Å². The van der Waals surface area contributed by atoms with E-state index in [1.165, 1.54) is 39.5 Å². The van der Waals surface area contributed by atoms with E-state index in [9.17, 15) is 14.4 Å². The highest BCUT2D eigenvalue weighted by Gasteiger charge is 2.44. The van der Waals surface area contributed by atoms with Gasteiger partial charge in [-0.15, -0.1) is 0 Å². The number of likely N-dealkylation sites (N-methyl/N-ethyl adjacent to an activating group) is 1. The number of anilines is 2. The minimum atomic E-state index is -0.685. The molecule has 9 nitrogen and oxygen atoms in total. The second kappa shape index (κ2) is 19.0. The van der Waals surface area contributed by atoms with Crippen molar-refractivity contribution in [2.45, 2.75) is 130 Å². The molecule has 0 spiro atoms. The topological polar surface area (TPSA) is 103 Å². The quantitative estimate of drug-likeness (QED) is 0.0934. The summed E-state index contributed by atoms with van der Waals surface area (Å²) in [4.78, 5) is 40.0. The number of rotatable bonds is 17. The molecule has 0 bridgehead atoms. The molecule has 0 saturated heterocycles. The first-order chi connectivity index (χ1) is 27.5. The molecule has 9 heteroatoms. The van der Waals surface area contributed by atoms with Crippen LogP contribution in [-0.4, -0.2) is 59.5 Å². The minimum Gasteiger partial charge on any atom is -0.444 e. The molecule has 3 N–H and O–H groups in total. The minimum absolute atomic E-state index is 0.0417. The van der Waals surface area contributed by atoms with Crippen molar-refractivity contribution in [1.82, 2.24) is 16.0 Å². The molecule has 3 aromatic carbocycles. The molecule has 0 unspecified atom stereocenters. The number of nitrogens with zero attached hydrogens (tertiary/aromatic N) is 2. The summed E-state index contributed by atoms with van der Waals surface area (Å²) in [7, 11) is 0. The fourth-order valence-corrected chi connectivity index (χ4v) is 8.18. The largest absolute Gasteiger partial charge is 0.444 e. The molecule has 2 aliphatic heterocycles. The van der Waals surface area contributed by atoms with Crippen LogP contribution in [0.3, 0.4) is 0 Å². The number of ether oxygens (including phenoxy) is 1. The van der Waals surface area contributed by atoms with Crippen molar-refractivity contribution < 1.29 is 23.7 Å². The van der Waals surface area contributed by atoms with Gasteiger partial charge >= 0.3 is 6.09 Å². The predicted molar refractivity (Wildman–Crippen MR) is 236 cm³/mol. The third-order valence-electron chi connectivity index (χ3n) is 11.2. The zero-order valence-corrected chi connectivity index (χ0v) is 36.3. The van der Waals surface area contributed by atoms with Crippen molar-refractivity contribution in [1.29, 1.82) is 0 Å². The van der Waals surface area contributed by atoms with Crippen LogP contribution < -0.4 is 20.9 Å². The normalized spacial score (nSPS) is 16.6. The molecule has 310 valence electrons. The summed E-state index contributed by atoms with van der Waals surface area (Å²) in [6.07, 6.45) is 11.3. The van der Waals surface area contributed by atoms with Gasteiger partial charge in [0.1, 0.15) is 18.2 Å². The van der Waals surface area contributed by atoms with E-state index in [1.54, 1.807) is 20.8 Å². The molecular formula is C49H66N5O4+. The van der Waals surface area contributed by atoms with Crippen LogP contribution in [0.4, 0.5) is 21.9 Å². The van der Waals surface area contributed by atoms with E-state index in [2.05, 4.69) is 151 Å². The Balaban J connectivity index is 1.18. The number of carbonyl (C=O) groups excluding carboxylic acids is 3. The number of carbonyl (C=O) groups is 3. The number of aryl methyl sites for hydroxylation is 1. The van der Waals surface area contributed by atoms with Crippen molar-refractivity contribution in [3.63, 3.8) is 0 Å². The van der Waals surface area contributed by atoms with Gasteiger partial charge in [0.05, 0.1) is 5.41 Å². The van der Waals surface area contributed by atoms with Crippen molar-refractivity contribution in [3.05, 3.63) is 113 Å². The van der Waals surface area contributed by atoms with Gasteiger partial charge in [0.2, 0.25) is 17.5 Å². The lowest BCUT2D eigenvalue weighted by atomic mass is 9.80. The molecule has 3 amide bonds. The number of para-hydroxylation sites is 2. The second-order valence-corrected chi connectivity index (χ2v) is 17.7. The maximum absolute atomic E-state index is 12.7. The number of nitrogens with one attached hydrogen (secondary N) is 3. The van der Waals surface area contributed by atoms with E-state index in [4.69, 9.17) is 4.74 Å². The first-order valence-electron chi connectivity index (χ1n) is 21.2. The molecule has 0 radical (unpaired) electrons. The van der Waals surface area contributed by atoms with Crippen LogP contribution in [0.15, 0.2) is 96.7 Å². The van der Waals surface area contributed by atoms with Crippen LogP contribution >= 0.6 is 0 Å². The summed E-state index contributed by atoms with van der Waals surface area (Å²) in [5.41, 5.74) is 9.08. The predicted octanol–water partition coefficient (Wildman–Crippen LogP) is 9.82. The average molecular weight is 789 g/mol. The SMILES string of the molecule is CCNC(=O)[C@H](CCCCNC(=O)CCCCC[N+]1=C(C=CC=C2N(c3ccccc3)c3ccccc3C2(C)C)C(C)(C)c2cc(C)ccc21)NC(=O)OC(C)(C)C. The van der Waals surface area contributed by atoms with Crippen LogP contribution in [0.25, 0.3) is 0 Å². The van der Waals surface area contributed by atoms with E-state index >= 15 is 0 Å². The molecular weight excluding hydrogens is 723 g/mol. The molecule has 0 saturated carbocycles. The first-order valence-corrected chi connectivity index (χ1v) is 21.2. The van der Waals surface area contributed by atoms with E-state index in [-0.39, 0.29) is 22.6 Å². The number of benzene rings is 3. The lowest BCUT2D eigenvalue weighted by Gasteiger charge is -2.27. The third kappa shape index (κ3) is 10.7. The molecule has 2 aliphatic rings. The molecule has 3 aromatic rings. The van der Waals surface area contributed by atoms with Gasteiger partial charge in [-0.1, -0.05) is 68.0 Å². The molecule has 0 aromatic heterocycles. The summed E-state index contributed by atoms with van der Waals surface area (Å²) in [5, 5.41) is 8.51. The van der Waals surface area contributed by atoms with Crippen molar-refractivity contribution in [2.24, 2.45) is 0 Å². The Morgan fingerprint density at radius 2 is 1.57 bits per heavy atom. The molecule has 58 heavy (non-hydrogen) atoms. The highest BCUT2D eigenvalue weighted by Crippen LogP contribution is 2.51. The number of amides is 3. The smallest absolute Gasteiger partial charge is 0.408 e. The van der Waals surface area contributed by atoms with E-state index in [0.29, 0.717) is 38.8 Å². The number of hydrogen-bond acceptors (Lipinski definition) is 5. The first kappa shape index (κ1) is 43.9. The van der Waals surface area contributed by atoms with Crippen LogP contribution in [0.2, 0.25) is 0 Å². The van der Waals surface area contributed by atoms with Crippen LogP contribution in [0, 0.1) is 6.92 Å². The molecule has 2 heterocycles. The monoisotopic (exact) mass is 789 g/mol. The lowest BCUT2D eigenvalue weighted by molar-refractivity contribution is -0.438. The Morgan fingerprint density at radius 1 is 0.845 bits per heavy atom. The fourth-order valence-electron chi connectivity index (χ4n) is 8.18. The lowest BCUT2D eigenvalue weighted by Crippen LogP contribution is -2.48. The van der Waals surface area contributed by atoms with Gasteiger partial charge in [0, 0.05) is 66.1 Å². The number of allylic oxidation sites excluding steroid dienone is 4. The second-order valence-electron chi connectivity index (χ2n) is 17.7. The fraction of sp³-hybridized carbons (Fsp3) is 0.469. The van der Waals surface area contributed by atoms with Crippen molar-refractivity contribution >= 4 is 40.7 Å².